The van der Waals surface area contributed by atoms with E-state index in [1.165, 1.54) is 4.31 Å². The molecule has 4 rings (SSSR count). The maximum Gasteiger partial charge on any atom is 0.324 e. The number of hydrogen-bond acceptors (Lipinski definition) is 6. The lowest BCUT2D eigenvalue weighted by molar-refractivity contribution is -0.149. The smallest absolute Gasteiger partial charge is 0.324 e. The lowest BCUT2D eigenvalue weighted by Gasteiger charge is -2.43. The minimum Gasteiger partial charge on any atom is -0.487 e. The fourth-order valence-corrected chi connectivity index (χ4v) is 8.24. The molecule has 0 amide bonds. The van der Waals surface area contributed by atoms with Gasteiger partial charge in [-0.1, -0.05) is 23.7 Å². The first-order valence-corrected chi connectivity index (χ1v) is 15.2. The molecule has 0 spiro atoms. The number of carbonyl (C=O) groups is 1. The van der Waals surface area contributed by atoms with Crippen LogP contribution in [-0.4, -0.2) is 44.0 Å². The van der Waals surface area contributed by atoms with Gasteiger partial charge in [0, 0.05) is 23.5 Å². The molecule has 1 saturated heterocycles. The van der Waals surface area contributed by atoms with Crippen molar-refractivity contribution >= 4 is 27.6 Å². The molecule has 1 fully saturated rings. The van der Waals surface area contributed by atoms with E-state index in [-0.39, 0.29) is 25.3 Å². The summed E-state index contributed by atoms with van der Waals surface area (Å²) in [5.74, 6) is -0.864. The van der Waals surface area contributed by atoms with Crippen molar-refractivity contribution in [2.45, 2.75) is 83.1 Å². The molecular weight excluding hydrogens is 536 g/mol. The molecule has 2 aromatic rings. The first-order valence-electron chi connectivity index (χ1n) is 13.4. The van der Waals surface area contributed by atoms with Gasteiger partial charge in [0.1, 0.15) is 11.4 Å². The van der Waals surface area contributed by atoms with Crippen LogP contribution in [-0.2, 0) is 31.4 Å². The van der Waals surface area contributed by atoms with E-state index in [2.05, 4.69) is 19.9 Å². The Labute approximate surface area is 237 Å². The molecule has 0 aromatic heterocycles. The molecule has 0 bridgehead atoms. The van der Waals surface area contributed by atoms with Crippen molar-refractivity contribution in [1.82, 2.24) is 4.31 Å². The summed E-state index contributed by atoms with van der Waals surface area (Å²) in [5.41, 5.74) is 2.81. The summed E-state index contributed by atoms with van der Waals surface area (Å²) in [6.45, 7) is 11.9. The van der Waals surface area contributed by atoms with E-state index in [1.54, 1.807) is 19.1 Å². The number of nitriles is 1. The molecule has 9 heteroatoms. The van der Waals surface area contributed by atoms with E-state index in [0.29, 0.717) is 28.3 Å². The topological polar surface area (TPSA) is 96.7 Å². The third-order valence-corrected chi connectivity index (χ3v) is 10.9. The summed E-state index contributed by atoms with van der Waals surface area (Å²) in [4.78, 5) is 13.2. The molecule has 2 heterocycles. The third kappa shape index (κ3) is 5.17. The molecule has 0 N–H and O–H groups in total. The largest absolute Gasteiger partial charge is 0.487 e. The number of carbonyl (C=O) groups excluding carboxylic acids is 1. The summed E-state index contributed by atoms with van der Waals surface area (Å²) in [5, 5.41) is 10.6. The zero-order valence-electron chi connectivity index (χ0n) is 23.6. The van der Waals surface area contributed by atoms with Crippen molar-refractivity contribution < 1.29 is 22.7 Å². The first kappa shape index (κ1) is 29.4. The van der Waals surface area contributed by atoms with Crippen molar-refractivity contribution in [2.24, 2.45) is 5.92 Å². The molecule has 210 valence electrons. The maximum absolute atomic E-state index is 14.2. The van der Waals surface area contributed by atoms with Crippen LogP contribution >= 0.6 is 11.6 Å². The number of benzene rings is 2. The van der Waals surface area contributed by atoms with Crippen LogP contribution in [0, 0.1) is 38.0 Å². The zero-order chi connectivity index (χ0) is 28.8. The second kappa shape index (κ2) is 10.8. The van der Waals surface area contributed by atoms with Crippen molar-refractivity contribution in [3.63, 3.8) is 0 Å². The highest BCUT2D eigenvalue weighted by atomic mass is 35.5. The Balaban J connectivity index is 1.72. The van der Waals surface area contributed by atoms with Crippen LogP contribution in [0.4, 0.5) is 0 Å². The summed E-state index contributed by atoms with van der Waals surface area (Å²) in [6, 6.07) is 9.27. The highest BCUT2D eigenvalue weighted by Crippen LogP contribution is 2.46. The molecule has 1 atom stereocenters. The fourth-order valence-electron chi connectivity index (χ4n) is 6.14. The molecule has 0 aliphatic carbocycles. The number of esters is 1. The lowest BCUT2D eigenvalue weighted by atomic mass is 9.65. The van der Waals surface area contributed by atoms with E-state index in [4.69, 9.17) is 21.1 Å². The highest BCUT2D eigenvalue weighted by Gasteiger charge is 2.49. The summed E-state index contributed by atoms with van der Waals surface area (Å²) < 4.78 is 41.4. The van der Waals surface area contributed by atoms with Crippen LogP contribution in [0.1, 0.15) is 67.9 Å². The lowest BCUT2D eigenvalue weighted by Crippen LogP contribution is -2.50. The van der Waals surface area contributed by atoms with Gasteiger partial charge in [0.05, 0.1) is 17.6 Å². The van der Waals surface area contributed by atoms with Crippen LogP contribution in [0.5, 0.6) is 5.75 Å². The number of halogens is 1. The molecule has 2 aliphatic rings. The fraction of sp³-hybridized carbons (Fsp3) is 0.533. The normalized spacial score (nSPS) is 19.3. The molecular formula is C30H37ClN2O5S. The van der Waals surface area contributed by atoms with E-state index >= 15 is 0 Å². The average Bonchev–Trinajstić information content (AvgIpc) is 2.88. The van der Waals surface area contributed by atoms with Crippen molar-refractivity contribution in [3.8, 4) is 11.8 Å². The van der Waals surface area contributed by atoms with Gasteiger partial charge >= 0.3 is 5.97 Å². The Hall–Kier alpha value is -2.60. The van der Waals surface area contributed by atoms with Crippen molar-refractivity contribution in [2.75, 3.05) is 19.7 Å². The quantitative estimate of drug-likeness (QED) is 0.406. The second-order valence-corrected chi connectivity index (χ2v) is 13.6. The summed E-state index contributed by atoms with van der Waals surface area (Å²) in [6.07, 6.45) is 2.15. The number of fused-ring (bicyclic) bond motifs is 1. The molecule has 39 heavy (non-hydrogen) atoms. The Morgan fingerprint density at radius 1 is 1.10 bits per heavy atom. The van der Waals surface area contributed by atoms with Crippen molar-refractivity contribution in [3.05, 3.63) is 57.1 Å². The Bertz CT molecular complexity index is 1420. The standard InChI is InChI=1S/C30H37ClN2O5S/c1-7-37-28(34)25(18-32)30(22-8-10-23(31)11-9-22)14-16-33(17-15-30)39(35,36)27-20(3)19(2)26-24(21(27)4)12-13-29(5,6)38-26/h8-11,25H,7,12-17H2,1-6H3. The van der Waals surface area contributed by atoms with Crippen LogP contribution in [0.25, 0.3) is 0 Å². The van der Waals surface area contributed by atoms with Gasteiger partial charge in [-0.25, -0.2) is 8.42 Å². The number of piperidine rings is 1. The molecule has 0 radical (unpaired) electrons. The van der Waals surface area contributed by atoms with Crippen molar-refractivity contribution in [1.29, 1.82) is 5.26 Å². The van der Waals surface area contributed by atoms with Crippen LogP contribution in [0.2, 0.25) is 5.02 Å². The number of hydrogen-bond donors (Lipinski definition) is 0. The second-order valence-electron chi connectivity index (χ2n) is 11.3. The maximum atomic E-state index is 14.2. The van der Waals surface area contributed by atoms with Crippen LogP contribution in [0.15, 0.2) is 29.2 Å². The van der Waals surface area contributed by atoms with Gasteiger partial charge in [-0.15, -0.1) is 0 Å². The predicted molar refractivity (Wildman–Crippen MR) is 151 cm³/mol. The van der Waals surface area contributed by atoms with Gasteiger partial charge in [-0.05, 0) is 107 Å². The zero-order valence-corrected chi connectivity index (χ0v) is 25.1. The Kier molecular flexibility index (Phi) is 8.11. The molecule has 7 nitrogen and oxygen atoms in total. The number of rotatable bonds is 6. The Morgan fingerprint density at radius 3 is 2.28 bits per heavy atom. The average molecular weight is 573 g/mol. The van der Waals surface area contributed by atoms with Gasteiger partial charge < -0.3 is 9.47 Å². The van der Waals surface area contributed by atoms with E-state index < -0.39 is 27.3 Å². The number of sulfonamides is 1. The molecule has 2 aliphatic heterocycles. The summed E-state index contributed by atoms with van der Waals surface area (Å²) in [7, 11) is -3.85. The minimum absolute atomic E-state index is 0.158. The highest BCUT2D eigenvalue weighted by molar-refractivity contribution is 7.89. The van der Waals surface area contributed by atoms with E-state index in [0.717, 1.165) is 40.8 Å². The molecule has 2 aromatic carbocycles. The summed E-state index contributed by atoms with van der Waals surface area (Å²) >= 11 is 6.13. The molecule has 1 unspecified atom stereocenters. The van der Waals surface area contributed by atoms with Gasteiger partial charge in [0.15, 0.2) is 5.92 Å². The predicted octanol–water partition coefficient (Wildman–Crippen LogP) is 5.79. The Morgan fingerprint density at radius 2 is 1.72 bits per heavy atom. The third-order valence-electron chi connectivity index (χ3n) is 8.50. The van der Waals surface area contributed by atoms with Crippen LogP contribution in [0.3, 0.4) is 0 Å². The number of nitrogens with zero attached hydrogens (tertiary/aromatic N) is 2. The first-order chi connectivity index (χ1) is 18.3. The van der Waals surface area contributed by atoms with E-state index in [1.807, 2.05) is 32.9 Å². The monoisotopic (exact) mass is 572 g/mol. The van der Waals surface area contributed by atoms with Gasteiger partial charge in [-0.2, -0.15) is 9.57 Å². The SMILES string of the molecule is CCOC(=O)C(C#N)C1(c2ccc(Cl)cc2)CCN(S(=O)(=O)c2c(C)c(C)c3c(c2C)CCC(C)(C)O3)CC1. The van der Waals surface area contributed by atoms with E-state index in [9.17, 15) is 18.5 Å². The minimum atomic E-state index is -3.85. The van der Waals surface area contributed by atoms with Gasteiger partial charge in [0.2, 0.25) is 10.0 Å². The van der Waals surface area contributed by atoms with Gasteiger partial charge in [0.25, 0.3) is 0 Å². The van der Waals surface area contributed by atoms with Gasteiger partial charge in [-0.3, -0.25) is 4.79 Å². The molecule has 0 saturated carbocycles. The number of ether oxygens (including phenoxy) is 2. The van der Waals surface area contributed by atoms with Crippen LogP contribution < -0.4 is 4.74 Å².